The van der Waals surface area contributed by atoms with Gasteiger partial charge in [0.15, 0.2) is 20.0 Å². The second-order valence-electron chi connectivity index (χ2n) is 3.54. The first kappa shape index (κ1) is 28.4. The maximum Gasteiger partial charge on any atom is 1.00 e. The minimum absolute atomic E-state index is 0. The molecule has 0 heterocycles. The molecule has 15 heteroatoms. The molecule has 0 fully saturated rings. The molecule has 0 aromatic rings. The van der Waals surface area contributed by atoms with Crippen LogP contribution in [0.15, 0.2) is 0 Å². The molecule has 0 saturated carbocycles. The van der Waals surface area contributed by atoms with Gasteiger partial charge in [-0.2, -0.15) is 26.3 Å². The Morgan fingerprint density at radius 2 is 0.957 bits per heavy atom. The summed E-state index contributed by atoms with van der Waals surface area (Å²) in [5.74, 6) is 0. The minimum Gasteiger partial charge on any atom is -0.421 e. The van der Waals surface area contributed by atoms with E-state index in [1.54, 1.807) is 0 Å². The normalized spacial score (nSPS) is 13.1. The number of halogens is 6. The molecule has 0 unspecified atom stereocenters. The van der Waals surface area contributed by atoms with Crippen molar-refractivity contribution in [2.45, 2.75) is 31.8 Å². The summed E-state index contributed by atoms with van der Waals surface area (Å²) in [4.78, 5) is 0. The molecule has 0 radical (unpaired) electrons. The summed E-state index contributed by atoms with van der Waals surface area (Å²) < 4.78 is 109. The van der Waals surface area contributed by atoms with Gasteiger partial charge in [0.25, 0.3) is 0 Å². The number of hydrogen-bond donors (Lipinski definition) is 0. The van der Waals surface area contributed by atoms with Crippen molar-refractivity contribution in [3.8, 4) is 0 Å². The Morgan fingerprint density at radius 1 is 0.739 bits per heavy atom. The van der Waals surface area contributed by atoms with Crippen LogP contribution < -0.4 is 0 Å². The van der Waals surface area contributed by atoms with Gasteiger partial charge in [-0.1, -0.05) is 20.8 Å². The fourth-order valence-corrected chi connectivity index (χ4v) is 3.94. The number of sulfonamides is 2. The van der Waals surface area contributed by atoms with E-state index in [0.29, 0.717) is 7.92 Å². The summed E-state index contributed by atoms with van der Waals surface area (Å²) >= 11 is 0. The van der Waals surface area contributed by atoms with Gasteiger partial charge in [0.05, 0.1) is 0 Å². The third-order valence-corrected chi connectivity index (χ3v) is 7.55. The van der Waals surface area contributed by atoms with Crippen LogP contribution in [-0.2, 0) is 42.4 Å². The molecule has 0 saturated heterocycles. The Labute approximate surface area is 147 Å². The van der Waals surface area contributed by atoms with Crippen LogP contribution in [0, 0.1) is 0 Å². The fourth-order valence-electron chi connectivity index (χ4n) is 0.885. The van der Waals surface area contributed by atoms with E-state index < -0.39 is 31.1 Å². The quantitative estimate of drug-likeness (QED) is 0.277. The Kier molecular flexibility index (Phi) is 13.1. The van der Waals surface area contributed by atoms with Crippen molar-refractivity contribution in [3.63, 3.8) is 0 Å². The van der Waals surface area contributed by atoms with Crippen LogP contribution in [0.3, 0.4) is 0 Å². The van der Waals surface area contributed by atoms with Crippen LogP contribution in [-0.4, -0.2) is 46.3 Å². The van der Waals surface area contributed by atoms with E-state index in [1.165, 1.54) is 18.5 Å². The van der Waals surface area contributed by atoms with Gasteiger partial charge in [-0.15, -0.1) is 7.92 Å². The monoisotopic (exact) mass is 595 g/mol. The van der Waals surface area contributed by atoms with Crippen LogP contribution >= 0.6 is 7.92 Å². The molecule has 23 heavy (non-hydrogen) atoms. The van der Waals surface area contributed by atoms with E-state index in [0.717, 1.165) is 4.13 Å². The summed E-state index contributed by atoms with van der Waals surface area (Å²) in [6, 6.07) is 0. The molecule has 0 aromatic carbocycles. The molecular weight excluding hydrogens is 580 g/mol. The van der Waals surface area contributed by atoms with Crippen molar-refractivity contribution in [1.29, 1.82) is 0 Å². The summed E-state index contributed by atoms with van der Waals surface area (Å²) in [6.45, 7) is 6.87. The summed E-state index contributed by atoms with van der Waals surface area (Å²) in [6.07, 6.45) is 4.26. The first-order valence-corrected chi connectivity index (χ1v) is 10.4. The predicted molar refractivity (Wildman–Crippen MR) is 71.9 cm³/mol. The fraction of sp³-hybridized carbons (Fsp3) is 1.00. The zero-order chi connectivity index (χ0) is 18.4. The van der Waals surface area contributed by atoms with Gasteiger partial charge in [0.2, 0.25) is 0 Å². The molecule has 0 aliphatic heterocycles. The van der Waals surface area contributed by atoms with Crippen LogP contribution in [0.1, 0.15) is 20.8 Å². The maximum atomic E-state index is 11.4. The third-order valence-electron chi connectivity index (χ3n) is 2.12. The summed E-state index contributed by atoms with van der Waals surface area (Å²) in [5.41, 5.74) is -12.4. The topological polar surface area (TPSA) is 82.4 Å². The minimum atomic E-state index is -6.72. The Balaban J connectivity index is -0.000000425. The number of nitrogens with zero attached hydrogens (tertiary/aromatic N) is 1. The average molecular weight is 595 g/mol. The predicted octanol–water partition coefficient (Wildman–Crippen LogP) is 3.58. The van der Waals surface area contributed by atoms with Crippen LogP contribution in [0.5, 0.6) is 0 Å². The molecule has 5 nitrogen and oxygen atoms in total. The van der Waals surface area contributed by atoms with E-state index in [-0.39, 0.29) is 22.4 Å². The van der Waals surface area contributed by atoms with Gasteiger partial charge in [-0.3, -0.25) is 0 Å². The third kappa shape index (κ3) is 10.3. The molecule has 0 atom stereocenters. The molecule has 0 N–H and O–H groups in total. The summed E-state index contributed by atoms with van der Waals surface area (Å²) in [7, 11) is -13.0. The van der Waals surface area contributed by atoms with E-state index in [4.69, 9.17) is 0 Å². The first-order chi connectivity index (χ1) is 9.55. The maximum absolute atomic E-state index is 11.4. The van der Waals surface area contributed by atoms with Gasteiger partial charge in [-0.05, 0) is 18.5 Å². The zero-order valence-corrected chi connectivity index (χ0v) is 16.7. The molecule has 0 aliphatic rings. The second kappa shape index (κ2) is 10.6. The molecule has 0 aromatic heterocycles. The molecule has 0 rings (SSSR count). The Morgan fingerprint density at radius 3 is 1.04 bits per heavy atom. The smallest absolute Gasteiger partial charge is 0.421 e. The van der Waals surface area contributed by atoms with Crippen molar-refractivity contribution in [3.05, 3.63) is 4.13 Å². The van der Waals surface area contributed by atoms with Crippen molar-refractivity contribution < 1.29 is 65.6 Å². The van der Waals surface area contributed by atoms with Gasteiger partial charge in [-0.25, -0.2) is 16.8 Å². The van der Waals surface area contributed by atoms with E-state index in [9.17, 15) is 43.2 Å². The largest absolute Gasteiger partial charge is 1.00 e. The Hall–Kier alpha value is 0.610. The molecule has 0 spiro atoms. The van der Waals surface area contributed by atoms with Crippen LogP contribution in [0.4, 0.5) is 26.3 Å². The molecule has 0 amide bonds. The number of alkyl halides is 6. The SMILES string of the molecule is CCP(CC)CC.O=S(=O)([N-]S(=O)(=O)C(F)(F)F)C(F)(F)F.[Au+]. The average Bonchev–Trinajstić information content (AvgIpc) is 2.27. The number of hydrogen-bond acceptors (Lipinski definition) is 4. The molecule has 0 aliphatic carbocycles. The van der Waals surface area contributed by atoms with Crippen molar-refractivity contribution in [2.24, 2.45) is 0 Å². The number of rotatable bonds is 5. The van der Waals surface area contributed by atoms with Crippen molar-refractivity contribution >= 4 is 28.0 Å². The molecular formula is C8H15AuF6NO4PS2. The molecule has 0 bridgehead atoms. The second-order valence-corrected chi connectivity index (χ2v) is 10.2. The standard InChI is InChI=1S/C6H15P.C2F6NO4S2.Au/c1-4-7(5-2)6-3;3-1(4,5)14(10,11)9-15(12,13)2(6,7)8;/h4-6H2,1-3H3;;/q;-1;+1. The summed E-state index contributed by atoms with van der Waals surface area (Å²) in [5, 5.41) is 0. The van der Waals surface area contributed by atoms with E-state index >= 15 is 0 Å². The Bertz CT molecular complexity index is 482. The van der Waals surface area contributed by atoms with Crippen molar-refractivity contribution in [2.75, 3.05) is 18.5 Å². The van der Waals surface area contributed by atoms with Crippen molar-refractivity contribution in [1.82, 2.24) is 0 Å². The molecule has 146 valence electrons. The van der Waals surface area contributed by atoms with Crippen LogP contribution in [0.25, 0.3) is 4.13 Å². The van der Waals surface area contributed by atoms with Gasteiger partial charge < -0.3 is 4.13 Å². The zero-order valence-electron chi connectivity index (χ0n) is 12.0. The van der Waals surface area contributed by atoms with Crippen LogP contribution in [0.2, 0.25) is 0 Å². The van der Waals surface area contributed by atoms with Gasteiger partial charge in [0, 0.05) is 0 Å². The van der Waals surface area contributed by atoms with E-state index in [1.807, 2.05) is 0 Å². The van der Waals surface area contributed by atoms with E-state index in [2.05, 4.69) is 20.8 Å². The first-order valence-electron chi connectivity index (χ1n) is 5.64. The van der Waals surface area contributed by atoms with Gasteiger partial charge >= 0.3 is 33.4 Å². The van der Waals surface area contributed by atoms with Gasteiger partial charge in [0.1, 0.15) is 0 Å².